The van der Waals surface area contributed by atoms with E-state index >= 15 is 0 Å². The Bertz CT molecular complexity index is 332. The first-order valence-electron chi connectivity index (χ1n) is 5.74. The molecule has 0 aromatic rings. The molecule has 2 heterocycles. The number of aliphatic hydroxyl groups is 3. The minimum absolute atomic E-state index is 0.159. The summed E-state index contributed by atoms with van der Waals surface area (Å²) in [5, 5.41) is 28.8. The van der Waals surface area contributed by atoms with Crippen molar-refractivity contribution in [1.82, 2.24) is 4.90 Å². The smallest absolute Gasteiger partial charge is 0.220 e. The lowest BCUT2D eigenvalue weighted by Crippen LogP contribution is -2.83. The van der Waals surface area contributed by atoms with E-state index in [4.69, 9.17) is 9.84 Å². The Morgan fingerprint density at radius 3 is 2.41 bits per heavy atom. The highest BCUT2D eigenvalue weighted by atomic mass is 16.5. The number of nitrogens with zero attached hydrogens (tertiary/aromatic N) is 1. The summed E-state index contributed by atoms with van der Waals surface area (Å²) in [5.74, 6) is -0.159. The van der Waals surface area contributed by atoms with Crippen LogP contribution in [0, 0.1) is 0 Å². The van der Waals surface area contributed by atoms with Crippen LogP contribution in [0.5, 0.6) is 0 Å². The highest BCUT2D eigenvalue weighted by Gasteiger charge is 2.64. The lowest BCUT2D eigenvalue weighted by Gasteiger charge is -2.65. The molecule has 98 valence electrons. The van der Waals surface area contributed by atoms with Crippen LogP contribution in [-0.4, -0.2) is 68.7 Å². The van der Waals surface area contributed by atoms with Gasteiger partial charge in [0.25, 0.3) is 0 Å². The predicted molar refractivity (Wildman–Crippen MR) is 58.1 cm³/mol. The molecule has 0 bridgehead atoms. The monoisotopic (exact) mass is 245 g/mol. The van der Waals surface area contributed by atoms with Crippen LogP contribution in [0.2, 0.25) is 0 Å². The zero-order valence-electron chi connectivity index (χ0n) is 10.2. The van der Waals surface area contributed by atoms with Crippen molar-refractivity contribution in [3.63, 3.8) is 0 Å². The molecule has 0 saturated carbocycles. The van der Waals surface area contributed by atoms with Crippen molar-refractivity contribution in [1.29, 1.82) is 0 Å². The van der Waals surface area contributed by atoms with Gasteiger partial charge in [-0.1, -0.05) is 0 Å². The van der Waals surface area contributed by atoms with E-state index in [1.807, 2.05) is 13.8 Å². The first-order valence-corrected chi connectivity index (χ1v) is 5.74. The lowest BCUT2D eigenvalue weighted by atomic mass is 9.72. The number of aliphatic hydroxyl groups excluding tert-OH is 3. The summed E-state index contributed by atoms with van der Waals surface area (Å²) in [6.07, 6.45) is -3.40. The largest absolute Gasteiger partial charge is 0.394 e. The van der Waals surface area contributed by atoms with Gasteiger partial charge in [-0.2, -0.15) is 0 Å². The maximum absolute atomic E-state index is 11.5. The normalized spacial score (nSPS) is 43.9. The number of amides is 1. The molecular formula is C11H19NO5. The van der Waals surface area contributed by atoms with Crippen molar-refractivity contribution >= 4 is 5.91 Å². The SMILES string of the molecule is CC(=O)N1C2C(O)C(O)C(CO)OC2C1(C)C. The van der Waals surface area contributed by atoms with E-state index in [-0.39, 0.29) is 18.6 Å². The maximum atomic E-state index is 11.5. The molecule has 5 unspecified atom stereocenters. The van der Waals surface area contributed by atoms with Crippen molar-refractivity contribution in [2.45, 2.75) is 56.8 Å². The summed E-state index contributed by atoms with van der Waals surface area (Å²) in [7, 11) is 0. The molecule has 0 aromatic carbocycles. The number of hydrogen-bond donors (Lipinski definition) is 3. The maximum Gasteiger partial charge on any atom is 0.220 e. The molecule has 6 heteroatoms. The van der Waals surface area contributed by atoms with Gasteiger partial charge in [-0.25, -0.2) is 0 Å². The summed E-state index contributed by atoms with van der Waals surface area (Å²) in [4.78, 5) is 13.1. The molecule has 0 spiro atoms. The van der Waals surface area contributed by atoms with E-state index in [0.29, 0.717) is 0 Å². The van der Waals surface area contributed by atoms with Crippen molar-refractivity contribution in [2.75, 3.05) is 6.61 Å². The number of ether oxygens (including phenoxy) is 1. The van der Waals surface area contributed by atoms with Crippen molar-refractivity contribution in [2.24, 2.45) is 0 Å². The van der Waals surface area contributed by atoms with E-state index < -0.39 is 29.9 Å². The van der Waals surface area contributed by atoms with Gasteiger partial charge in [0, 0.05) is 6.92 Å². The Morgan fingerprint density at radius 1 is 1.35 bits per heavy atom. The van der Waals surface area contributed by atoms with Crippen LogP contribution in [0.25, 0.3) is 0 Å². The molecule has 1 amide bonds. The summed E-state index contributed by atoms with van der Waals surface area (Å²) >= 11 is 0. The molecule has 5 atom stereocenters. The van der Waals surface area contributed by atoms with Gasteiger partial charge < -0.3 is 25.0 Å². The number of likely N-dealkylation sites (tertiary alicyclic amines) is 1. The fourth-order valence-corrected chi connectivity index (χ4v) is 3.03. The lowest BCUT2D eigenvalue weighted by molar-refractivity contribution is -0.296. The van der Waals surface area contributed by atoms with Gasteiger partial charge in [0.15, 0.2) is 0 Å². The van der Waals surface area contributed by atoms with Gasteiger partial charge in [0.1, 0.15) is 24.4 Å². The first-order chi connectivity index (χ1) is 7.82. The van der Waals surface area contributed by atoms with Crippen LogP contribution < -0.4 is 0 Å². The zero-order valence-corrected chi connectivity index (χ0v) is 10.2. The molecule has 0 aromatic heterocycles. The van der Waals surface area contributed by atoms with Crippen LogP contribution >= 0.6 is 0 Å². The molecule has 2 aliphatic heterocycles. The molecular weight excluding hydrogens is 226 g/mol. The van der Waals surface area contributed by atoms with E-state index in [1.54, 1.807) is 0 Å². The Labute approximate surface area is 99.8 Å². The molecule has 0 aliphatic carbocycles. The second kappa shape index (κ2) is 3.91. The summed E-state index contributed by atoms with van der Waals surface area (Å²) < 4.78 is 5.56. The van der Waals surface area contributed by atoms with E-state index in [9.17, 15) is 15.0 Å². The predicted octanol–water partition coefficient (Wildman–Crippen LogP) is -1.52. The van der Waals surface area contributed by atoms with Gasteiger partial charge in [-0.05, 0) is 13.8 Å². The van der Waals surface area contributed by atoms with Gasteiger partial charge >= 0.3 is 0 Å². The zero-order chi connectivity index (χ0) is 13.0. The van der Waals surface area contributed by atoms with Crippen molar-refractivity contribution in [3.8, 4) is 0 Å². The van der Waals surface area contributed by atoms with Crippen LogP contribution in [-0.2, 0) is 9.53 Å². The van der Waals surface area contributed by atoms with Gasteiger partial charge in [0.2, 0.25) is 5.91 Å². The van der Waals surface area contributed by atoms with Gasteiger partial charge in [-0.3, -0.25) is 4.79 Å². The molecule has 6 nitrogen and oxygen atoms in total. The topological polar surface area (TPSA) is 90.2 Å². The van der Waals surface area contributed by atoms with Gasteiger partial charge in [-0.15, -0.1) is 0 Å². The van der Waals surface area contributed by atoms with E-state index in [0.717, 1.165) is 0 Å². The van der Waals surface area contributed by atoms with Crippen LogP contribution in [0.3, 0.4) is 0 Å². The minimum atomic E-state index is -1.17. The Balaban J connectivity index is 2.25. The third kappa shape index (κ3) is 1.59. The van der Waals surface area contributed by atoms with E-state index in [1.165, 1.54) is 11.8 Å². The minimum Gasteiger partial charge on any atom is -0.394 e. The fraction of sp³-hybridized carbons (Fsp3) is 0.909. The number of carbonyl (C=O) groups is 1. The standard InChI is InChI=1S/C11H19NO5/c1-5(14)12-7-9(16)8(15)6(4-13)17-10(7)11(12,2)3/h6-10,13,15-16H,4H2,1-3H3. The number of hydrogen-bond acceptors (Lipinski definition) is 5. The molecule has 0 radical (unpaired) electrons. The number of fused-ring (bicyclic) bond motifs is 1. The molecule has 2 saturated heterocycles. The average Bonchev–Trinajstić information content (AvgIpc) is 2.23. The third-order valence-electron chi connectivity index (χ3n) is 3.85. The summed E-state index contributed by atoms with van der Waals surface area (Å²) in [6, 6.07) is -0.528. The molecule has 17 heavy (non-hydrogen) atoms. The second-order valence-corrected chi connectivity index (χ2v) is 5.29. The number of rotatable bonds is 1. The number of carbonyl (C=O) groups excluding carboxylic acids is 1. The fourth-order valence-electron chi connectivity index (χ4n) is 3.03. The van der Waals surface area contributed by atoms with Crippen LogP contribution in [0.15, 0.2) is 0 Å². The highest BCUT2D eigenvalue weighted by molar-refractivity contribution is 5.76. The first kappa shape index (κ1) is 12.8. The van der Waals surface area contributed by atoms with Crippen LogP contribution in [0.4, 0.5) is 0 Å². The highest BCUT2D eigenvalue weighted by Crippen LogP contribution is 2.44. The average molecular weight is 245 g/mol. The third-order valence-corrected chi connectivity index (χ3v) is 3.85. The molecule has 2 fully saturated rings. The van der Waals surface area contributed by atoms with Gasteiger partial charge in [0.05, 0.1) is 18.2 Å². The Morgan fingerprint density at radius 2 is 1.94 bits per heavy atom. The molecule has 2 rings (SSSR count). The second-order valence-electron chi connectivity index (χ2n) is 5.29. The molecule has 3 N–H and O–H groups in total. The quantitative estimate of drug-likeness (QED) is 0.522. The molecule has 2 aliphatic rings. The summed E-state index contributed by atoms with van der Waals surface area (Å²) in [5.41, 5.74) is -0.523. The Kier molecular flexibility index (Phi) is 2.94. The van der Waals surface area contributed by atoms with E-state index in [2.05, 4.69) is 0 Å². The van der Waals surface area contributed by atoms with Crippen molar-refractivity contribution < 1.29 is 24.9 Å². The Hall–Kier alpha value is -0.690. The van der Waals surface area contributed by atoms with Crippen LogP contribution in [0.1, 0.15) is 20.8 Å². The van der Waals surface area contributed by atoms with Crippen molar-refractivity contribution in [3.05, 3.63) is 0 Å². The summed E-state index contributed by atoms with van der Waals surface area (Å²) in [6.45, 7) is 4.76.